The lowest BCUT2D eigenvalue weighted by molar-refractivity contribution is 0.229. The molecule has 0 spiro atoms. The average Bonchev–Trinajstić information content (AvgIpc) is 2.93. The molecule has 0 bridgehead atoms. The van der Waals surface area contributed by atoms with Gasteiger partial charge < -0.3 is 5.32 Å². The Balaban J connectivity index is 1.41. The number of benzene rings is 1. The van der Waals surface area contributed by atoms with E-state index in [1.165, 1.54) is 51.6 Å². The normalized spacial score (nSPS) is 36.5. The van der Waals surface area contributed by atoms with Crippen molar-refractivity contribution in [2.45, 2.75) is 55.6 Å². The van der Waals surface area contributed by atoms with Crippen molar-refractivity contribution < 1.29 is 0 Å². The molecule has 2 fully saturated rings. The molecule has 1 nitrogen and oxygen atoms in total. The first-order chi connectivity index (χ1) is 10.3. The van der Waals surface area contributed by atoms with Gasteiger partial charge in [0.1, 0.15) is 0 Å². The number of hydrogen-bond acceptors (Lipinski definition) is 2. The van der Waals surface area contributed by atoms with Crippen LogP contribution in [0.15, 0.2) is 29.2 Å². The zero-order valence-corrected chi connectivity index (χ0v) is 13.9. The molecular weight excluding hydrogens is 274 g/mol. The second kappa shape index (κ2) is 5.62. The number of hydrogen-bond donors (Lipinski definition) is 1. The molecule has 1 aliphatic heterocycles. The quantitative estimate of drug-likeness (QED) is 0.776. The van der Waals surface area contributed by atoms with Gasteiger partial charge in [-0.1, -0.05) is 25.1 Å². The van der Waals surface area contributed by atoms with Crippen molar-refractivity contribution in [1.82, 2.24) is 5.32 Å². The maximum absolute atomic E-state index is 3.74. The predicted molar refractivity (Wildman–Crippen MR) is 90.8 cm³/mol. The van der Waals surface area contributed by atoms with Crippen LogP contribution in [0.2, 0.25) is 0 Å². The van der Waals surface area contributed by atoms with Crippen LogP contribution in [-0.4, -0.2) is 18.3 Å². The van der Waals surface area contributed by atoms with E-state index in [9.17, 15) is 0 Å². The van der Waals surface area contributed by atoms with Crippen molar-refractivity contribution in [2.24, 2.45) is 17.3 Å². The van der Waals surface area contributed by atoms with E-state index in [1.807, 2.05) is 0 Å². The van der Waals surface area contributed by atoms with Crippen LogP contribution in [0.5, 0.6) is 0 Å². The molecule has 3 atom stereocenters. The summed E-state index contributed by atoms with van der Waals surface area (Å²) >= 11 is 2.15. The monoisotopic (exact) mass is 301 g/mol. The summed E-state index contributed by atoms with van der Waals surface area (Å²) in [6.07, 6.45) is 8.52. The van der Waals surface area contributed by atoms with E-state index in [0.717, 1.165) is 17.1 Å². The highest BCUT2D eigenvalue weighted by Crippen LogP contribution is 2.62. The van der Waals surface area contributed by atoms with Gasteiger partial charge in [-0.2, -0.15) is 0 Å². The van der Waals surface area contributed by atoms with Gasteiger partial charge in [-0.05, 0) is 74.0 Å². The molecule has 0 radical (unpaired) electrons. The summed E-state index contributed by atoms with van der Waals surface area (Å²) in [6.45, 7) is 4.73. The Hall–Kier alpha value is -0.470. The van der Waals surface area contributed by atoms with E-state index < -0.39 is 0 Å². The lowest BCUT2D eigenvalue weighted by Crippen LogP contribution is -2.36. The third kappa shape index (κ3) is 2.90. The summed E-state index contributed by atoms with van der Waals surface area (Å²) in [5, 5.41) is 4.57. The van der Waals surface area contributed by atoms with Gasteiger partial charge in [-0.3, -0.25) is 0 Å². The predicted octanol–water partition coefficient (Wildman–Crippen LogP) is 4.51. The molecule has 114 valence electrons. The zero-order chi connectivity index (χ0) is 14.3. The molecule has 1 N–H and O–H groups in total. The molecule has 4 rings (SSSR count). The minimum absolute atomic E-state index is 0.614. The van der Waals surface area contributed by atoms with E-state index in [-0.39, 0.29) is 0 Å². The Labute approximate surface area is 133 Å². The molecule has 2 saturated carbocycles. The van der Waals surface area contributed by atoms with Crippen molar-refractivity contribution >= 4 is 11.8 Å². The van der Waals surface area contributed by atoms with Gasteiger partial charge in [0.05, 0.1) is 0 Å². The van der Waals surface area contributed by atoms with E-state index in [4.69, 9.17) is 0 Å². The molecule has 3 aliphatic rings. The lowest BCUT2D eigenvalue weighted by atomic mass is 9.77. The van der Waals surface area contributed by atoms with Crippen LogP contribution >= 0.6 is 11.8 Å². The van der Waals surface area contributed by atoms with Gasteiger partial charge in [0.25, 0.3) is 0 Å². The van der Waals surface area contributed by atoms with E-state index in [1.54, 1.807) is 10.5 Å². The Bertz CT molecular complexity index is 477. The van der Waals surface area contributed by atoms with Crippen LogP contribution in [-0.2, 0) is 6.42 Å². The van der Waals surface area contributed by atoms with Crippen LogP contribution in [0.4, 0.5) is 0 Å². The van der Waals surface area contributed by atoms with Gasteiger partial charge in [0, 0.05) is 16.7 Å². The molecule has 0 saturated heterocycles. The second-order valence-electron chi connectivity index (χ2n) is 7.60. The Morgan fingerprint density at radius 2 is 2.05 bits per heavy atom. The van der Waals surface area contributed by atoms with E-state index in [0.29, 0.717) is 5.41 Å². The number of fused-ring (bicyclic) bond motifs is 2. The summed E-state index contributed by atoms with van der Waals surface area (Å²) in [5.74, 6) is 2.17. The third-order valence-corrected chi connectivity index (χ3v) is 7.08. The number of rotatable bonds is 6. The summed E-state index contributed by atoms with van der Waals surface area (Å²) in [6, 6.07) is 9.03. The highest BCUT2D eigenvalue weighted by molar-refractivity contribution is 8.00. The van der Waals surface area contributed by atoms with Crippen molar-refractivity contribution in [2.75, 3.05) is 13.1 Å². The molecule has 21 heavy (non-hydrogen) atoms. The minimum atomic E-state index is 0.614. The smallest absolute Gasteiger partial charge is 0.0141 e. The Morgan fingerprint density at radius 3 is 2.81 bits per heavy atom. The number of nitrogens with one attached hydrogen (secondary N) is 1. The van der Waals surface area contributed by atoms with Gasteiger partial charge in [-0.15, -0.1) is 11.8 Å². The molecule has 0 aromatic heterocycles. The molecule has 2 heteroatoms. The average molecular weight is 301 g/mol. The topological polar surface area (TPSA) is 12.0 Å². The maximum atomic E-state index is 3.74. The number of thioether (sulfide) groups is 1. The minimum Gasteiger partial charge on any atom is -0.316 e. The van der Waals surface area contributed by atoms with Gasteiger partial charge in [-0.25, -0.2) is 0 Å². The van der Waals surface area contributed by atoms with Gasteiger partial charge in [0.15, 0.2) is 0 Å². The molecule has 1 aromatic carbocycles. The highest BCUT2D eigenvalue weighted by atomic mass is 32.2. The molecule has 3 unspecified atom stereocenters. The standard InChI is InChI=1S/C19H27NS/c1-2-7-20-13-19(10-15-8-16(15)11-19)12-17-9-14-5-3-4-6-18(14)21-17/h3-6,15-17,20H,2,7-13H2,1H3. The summed E-state index contributed by atoms with van der Waals surface area (Å²) in [7, 11) is 0. The Morgan fingerprint density at radius 1 is 1.24 bits per heavy atom. The molecule has 1 heterocycles. The van der Waals surface area contributed by atoms with Crippen LogP contribution < -0.4 is 5.32 Å². The fraction of sp³-hybridized carbons (Fsp3) is 0.684. The van der Waals surface area contributed by atoms with Crippen molar-refractivity contribution in [3.63, 3.8) is 0 Å². The fourth-order valence-corrected chi connectivity index (χ4v) is 6.29. The summed E-state index contributed by atoms with van der Waals surface area (Å²) in [4.78, 5) is 1.54. The molecule has 2 aliphatic carbocycles. The van der Waals surface area contributed by atoms with Crippen molar-refractivity contribution in [3.8, 4) is 0 Å². The van der Waals surface area contributed by atoms with Crippen molar-refractivity contribution in [1.29, 1.82) is 0 Å². The molecular formula is C19H27NS. The van der Waals surface area contributed by atoms with Crippen LogP contribution in [0.3, 0.4) is 0 Å². The van der Waals surface area contributed by atoms with Crippen molar-refractivity contribution in [3.05, 3.63) is 29.8 Å². The maximum Gasteiger partial charge on any atom is 0.0141 e. The van der Waals surface area contributed by atoms with Gasteiger partial charge >= 0.3 is 0 Å². The second-order valence-corrected chi connectivity index (χ2v) is 8.94. The SMILES string of the molecule is CCCNCC1(CC2Cc3ccccc3S2)CC2CC2C1. The first-order valence-electron chi connectivity index (χ1n) is 8.73. The van der Waals surface area contributed by atoms with Gasteiger partial charge in [0.2, 0.25) is 0 Å². The highest BCUT2D eigenvalue weighted by Gasteiger charge is 2.54. The van der Waals surface area contributed by atoms with E-state index in [2.05, 4.69) is 48.3 Å². The third-order valence-electron chi connectivity index (χ3n) is 5.76. The van der Waals surface area contributed by atoms with E-state index >= 15 is 0 Å². The van der Waals surface area contributed by atoms with Crippen LogP contribution in [0.25, 0.3) is 0 Å². The summed E-state index contributed by atoms with van der Waals surface area (Å²) in [5.41, 5.74) is 2.20. The molecule has 1 aromatic rings. The first kappa shape index (κ1) is 14.1. The molecule has 0 amide bonds. The first-order valence-corrected chi connectivity index (χ1v) is 9.61. The zero-order valence-electron chi connectivity index (χ0n) is 13.1. The lowest BCUT2D eigenvalue weighted by Gasteiger charge is -2.33. The largest absolute Gasteiger partial charge is 0.316 e. The Kier molecular flexibility index (Phi) is 3.79. The van der Waals surface area contributed by atoms with Crippen LogP contribution in [0, 0.1) is 17.3 Å². The fourth-order valence-electron chi connectivity index (χ4n) is 4.77. The summed E-state index contributed by atoms with van der Waals surface area (Å²) < 4.78 is 0. The van der Waals surface area contributed by atoms with Crippen LogP contribution in [0.1, 0.15) is 44.6 Å².